The van der Waals surface area contributed by atoms with Crippen molar-refractivity contribution >= 4 is 28.6 Å². The van der Waals surface area contributed by atoms with Gasteiger partial charge in [-0.15, -0.1) is 10.2 Å². The van der Waals surface area contributed by atoms with E-state index < -0.39 is 27.8 Å². The Morgan fingerprint density at radius 2 is 2.06 bits per heavy atom. The highest BCUT2D eigenvalue weighted by Gasteiger charge is 2.24. The lowest BCUT2D eigenvalue weighted by Gasteiger charge is -2.00. The normalized spacial score (nSPS) is 10.5. The van der Waals surface area contributed by atoms with Gasteiger partial charge in [0.15, 0.2) is 5.01 Å². The standard InChI is InChI=1S/C8H2ClF2N3O2S/c9-8-13-12-7(17-8)5-3(10)1-2-4(6(5)11)14(15)16/h1-2H. The summed E-state index contributed by atoms with van der Waals surface area (Å²) in [5.74, 6) is -2.25. The summed E-state index contributed by atoms with van der Waals surface area (Å²) in [6, 6.07) is 1.54. The molecule has 1 heterocycles. The Bertz CT molecular complexity index is 604. The number of benzene rings is 1. The molecule has 2 rings (SSSR count). The lowest BCUT2D eigenvalue weighted by atomic mass is 10.2. The average molecular weight is 278 g/mol. The fourth-order valence-electron chi connectivity index (χ4n) is 1.18. The Labute approximate surface area is 102 Å². The van der Waals surface area contributed by atoms with Crippen LogP contribution in [0.4, 0.5) is 14.5 Å². The molecule has 1 aromatic carbocycles. The summed E-state index contributed by atoms with van der Waals surface area (Å²) in [7, 11) is 0. The van der Waals surface area contributed by atoms with Crippen LogP contribution in [0.5, 0.6) is 0 Å². The third-order valence-corrected chi connectivity index (χ3v) is 2.92. The highest BCUT2D eigenvalue weighted by molar-refractivity contribution is 7.18. The average Bonchev–Trinajstić information content (AvgIpc) is 2.64. The Morgan fingerprint density at radius 1 is 1.35 bits per heavy atom. The zero-order valence-corrected chi connectivity index (χ0v) is 9.43. The van der Waals surface area contributed by atoms with Crippen LogP contribution in [0.15, 0.2) is 12.1 Å². The molecule has 5 nitrogen and oxygen atoms in total. The Hall–Kier alpha value is -1.67. The molecule has 0 unspecified atom stereocenters. The number of hydrogen-bond donors (Lipinski definition) is 0. The van der Waals surface area contributed by atoms with E-state index in [0.29, 0.717) is 0 Å². The van der Waals surface area contributed by atoms with Crippen LogP contribution < -0.4 is 0 Å². The molecule has 0 atom stereocenters. The molecule has 88 valence electrons. The van der Waals surface area contributed by atoms with Gasteiger partial charge >= 0.3 is 5.69 Å². The second-order valence-electron chi connectivity index (χ2n) is 2.87. The molecule has 0 spiro atoms. The smallest absolute Gasteiger partial charge is 0.258 e. The fourth-order valence-corrected chi connectivity index (χ4v) is 2.05. The van der Waals surface area contributed by atoms with Gasteiger partial charge in [-0.05, 0) is 17.7 Å². The summed E-state index contributed by atoms with van der Waals surface area (Å²) < 4.78 is 27.1. The van der Waals surface area contributed by atoms with Crippen molar-refractivity contribution in [1.29, 1.82) is 0 Å². The molecular weight excluding hydrogens is 276 g/mol. The Balaban J connectivity index is 2.68. The van der Waals surface area contributed by atoms with E-state index >= 15 is 0 Å². The van der Waals surface area contributed by atoms with Gasteiger partial charge in [-0.1, -0.05) is 11.3 Å². The number of rotatable bonds is 2. The molecule has 2 aromatic rings. The summed E-state index contributed by atoms with van der Waals surface area (Å²) >= 11 is 6.21. The minimum atomic E-state index is -1.29. The van der Waals surface area contributed by atoms with E-state index in [1.54, 1.807) is 0 Å². The van der Waals surface area contributed by atoms with Gasteiger partial charge in [0.2, 0.25) is 10.3 Å². The van der Waals surface area contributed by atoms with Gasteiger partial charge in [0.1, 0.15) is 5.82 Å². The molecule has 0 saturated carbocycles. The van der Waals surface area contributed by atoms with Crippen molar-refractivity contribution in [2.24, 2.45) is 0 Å². The van der Waals surface area contributed by atoms with Gasteiger partial charge in [0.05, 0.1) is 10.5 Å². The van der Waals surface area contributed by atoms with Crippen LogP contribution in [0, 0.1) is 21.7 Å². The lowest BCUT2D eigenvalue weighted by Crippen LogP contribution is -1.97. The highest BCUT2D eigenvalue weighted by Crippen LogP contribution is 2.34. The van der Waals surface area contributed by atoms with Crippen molar-refractivity contribution in [2.45, 2.75) is 0 Å². The van der Waals surface area contributed by atoms with Crippen LogP contribution in [0.2, 0.25) is 4.47 Å². The third kappa shape index (κ3) is 2.08. The zero-order valence-electron chi connectivity index (χ0n) is 7.85. The molecular formula is C8H2ClF2N3O2S. The van der Waals surface area contributed by atoms with E-state index in [0.717, 1.165) is 23.5 Å². The maximum Gasteiger partial charge on any atom is 0.305 e. The Morgan fingerprint density at radius 3 is 2.59 bits per heavy atom. The summed E-state index contributed by atoms with van der Waals surface area (Å²) in [4.78, 5) is 9.56. The first-order valence-electron chi connectivity index (χ1n) is 4.12. The molecule has 0 aliphatic carbocycles. The van der Waals surface area contributed by atoms with Gasteiger partial charge in [-0.25, -0.2) is 4.39 Å². The van der Waals surface area contributed by atoms with E-state index in [-0.39, 0.29) is 9.47 Å². The van der Waals surface area contributed by atoms with Gasteiger partial charge in [0.25, 0.3) is 0 Å². The van der Waals surface area contributed by atoms with Gasteiger partial charge in [-0.2, -0.15) is 4.39 Å². The van der Waals surface area contributed by atoms with Crippen molar-refractivity contribution in [3.05, 3.63) is 38.3 Å². The summed E-state index contributed by atoms with van der Waals surface area (Å²) in [5, 5.41) is 17.2. The van der Waals surface area contributed by atoms with E-state index in [4.69, 9.17) is 11.6 Å². The number of aromatic nitrogens is 2. The van der Waals surface area contributed by atoms with Crippen LogP contribution in [-0.2, 0) is 0 Å². The summed E-state index contributed by atoms with van der Waals surface area (Å²) in [6.45, 7) is 0. The van der Waals surface area contributed by atoms with Crippen molar-refractivity contribution in [3.8, 4) is 10.6 Å². The molecule has 0 saturated heterocycles. The number of halogens is 3. The van der Waals surface area contributed by atoms with Gasteiger partial charge in [0, 0.05) is 6.07 Å². The van der Waals surface area contributed by atoms with Crippen LogP contribution in [0.3, 0.4) is 0 Å². The number of nitrogens with zero attached hydrogens (tertiary/aromatic N) is 3. The van der Waals surface area contributed by atoms with Crippen LogP contribution in [0.25, 0.3) is 10.6 Å². The number of nitro groups is 1. The van der Waals surface area contributed by atoms with Crippen molar-refractivity contribution in [3.63, 3.8) is 0 Å². The monoisotopic (exact) mass is 277 g/mol. The van der Waals surface area contributed by atoms with Crippen LogP contribution >= 0.6 is 22.9 Å². The minimum absolute atomic E-state index is 0.00898. The maximum absolute atomic E-state index is 13.7. The van der Waals surface area contributed by atoms with Crippen molar-refractivity contribution in [1.82, 2.24) is 10.2 Å². The quantitative estimate of drug-likeness (QED) is 0.625. The van der Waals surface area contributed by atoms with Gasteiger partial charge < -0.3 is 0 Å². The Kier molecular flexibility index (Phi) is 2.99. The maximum atomic E-state index is 13.7. The number of nitro benzene ring substituents is 1. The van der Waals surface area contributed by atoms with E-state index in [2.05, 4.69) is 10.2 Å². The molecule has 9 heteroatoms. The SMILES string of the molecule is O=[N+]([O-])c1ccc(F)c(-c2nnc(Cl)s2)c1F. The molecule has 0 aliphatic rings. The fraction of sp³-hybridized carbons (Fsp3) is 0. The van der Waals surface area contributed by atoms with Crippen LogP contribution in [0.1, 0.15) is 0 Å². The van der Waals surface area contributed by atoms with Crippen molar-refractivity contribution in [2.75, 3.05) is 0 Å². The van der Waals surface area contributed by atoms with Gasteiger partial charge in [-0.3, -0.25) is 10.1 Å². The largest absolute Gasteiger partial charge is 0.305 e. The first-order valence-corrected chi connectivity index (χ1v) is 5.32. The van der Waals surface area contributed by atoms with Crippen LogP contribution in [-0.4, -0.2) is 15.1 Å². The number of hydrogen-bond acceptors (Lipinski definition) is 5. The van der Waals surface area contributed by atoms with Crippen molar-refractivity contribution < 1.29 is 13.7 Å². The van der Waals surface area contributed by atoms with E-state index in [1.807, 2.05) is 0 Å². The molecule has 17 heavy (non-hydrogen) atoms. The molecule has 0 aliphatic heterocycles. The predicted molar refractivity (Wildman–Crippen MR) is 56.9 cm³/mol. The first kappa shape index (κ1) is 11.8. The highest BCUT2D eigenvalue weighted by atomic mass is 35.5. The molecule has 0 bridgehead atoms. The summed E-state index contributed by atoms with van der Waals surface area (Å²) in [6.07, 6.45) is 0. The second kappa shape index (κ2) is 4.30. The van der Waals surface area contributed by atoms with E-state index in [1.165, 1.54) is 0 Å². The first-order chi connectivity index (χ1) is 8.00. The lowest BCUT2D eigenvalue weighted by molar-refractivity contribution is -0.387. The summed E-state index contributed by atoms with van der Waals surface area (Å²) in [5.41, 5.74) is -1.42. The molecule has 0 radical (unpaired) electrons. The third-order valence-electron chi connectivity index (χ3n) is 1.88. The molecule has 1 aromatic heterocycles. The molecule has 0 fully saturated rings. The van der Waals surface area contributed by atoms with E-state index in [9.17, 15) is 18.9 Å². The predicted octanol–water partition coefficient (Wildman–Crippen LogP) is 3.04. The molecule has 0 N–H and O–H groups in total. The zero-order chi connectivity index (χ0) is 12.6. The topological polar surface area (TPSA) is 68.9 Å². The minimum Gasteiger partial charge on any atom is -0.258 e. The second-order valence-corrected chi connectivity index (χ2v) is 4.43. The molecule has 0 amide bonds.